The zero-order chi connectivity index (χ0) is 8.89. The first-order chi connectivity index (χ1) is 6.30. The Kier molecular flexibility index (Phi) is 1.47. The third kappa shape index (κ3) is 1.09. The van der Waals surface area contributed by atoms with E-state index >= 15 is 0 Å². The van der Waals surface area contributed by atoms with Gasteiger partial charge in [0.1, 0.15) is 5.15 Å². The van der Waals surface area contributed by atoms with Crippen molar-refractivity contribution in [1.29, 1.82) is 0 Å². The van der Waals surface area contributed by atoms with Crippen LogP contribution in [0, 0.1) is 0 Å². The van der Waals surface area contributed by atoms with Crippen LogP contribution in [0.5, 0.6) is 0 Å². The third-order valence-corrected chi connectivity index (χ3v) is 3.37. The molecular weight excluding hydrogens is 184 g/mol. The largest absolute Gasteiger partial charge is 0.312 e. The van der Waals surface area contributed by atoms with Crippen molar-refractivity contribution in [2.75, 3.05) is 6.54 Å². The van der Waals surface area contributed by atoms with E-state index in [1.165, 1.54) is 24.0 Å². The number of fused-ring (bicyclic) bond motifs is 2. The number of rotatable bonds is 0. The van der Waals surface area contributed by atoms with E-state index in [1.807, 2.05) is 12.3 Å². The fourth-order valence-corrected chi connectivity index (χ4v) is 2.40. The minimum absolute atomic E-state index is 0.422. The van der Waals surface area contributed by atoms with Crippen LogP contribution in [0.3, 0.4) is 0 Å². The van der Waals surface area contributed by atoms with E-state index in [0.29, 0.717) is 10.6 Å². The lowest BCUT2D eigenvalue weighted by molar-refractivity contribution is 0.529. The predicted octanol–water partition coefficient (Wildman–Crippen LogP) is 1.87. The fourth-order valence-electron chi connectivity index (χ4n) is 2.22. The van der Waals surface area contributed by atoms with Crippen LogP contribution in [-0.4, -0.2) is 11.5 Å². The van der Waals surface area contributed by atoms with Gasteiger partial charge < -0.3 is 5.32 Å². The molecule has 1 aromatic rings. The van der Waals surface area contributed by atoms with Crippen LogP contribution >= 0.6 is 11.6 Å². The van der Waals surface area contributed by atoms with Crippen LogP contribution in [0.25, 0.3) is 0 Å². The molecule has 0 atom stereocenters. The van der Waals surface area contributed by atoms with E-state index in [0.717, 1.165) is 13.1 Å². The fraction of sp³-hybridized carbons (Fsp3) is 0.500. The third-order valence-electron chi connectivity index (χ3n) is 3.16. The summed E-state index contributed by atoms with van der Waals surface area (Å²) in [5.41, 5.74) is 3.19. The van der Waals surface area contributed by atoms with Crippen molar-refractivity contribution in [1.82, 2.24) is 10.3 Å². The number of nitrogens with zero attached hydrogens (tertiary/aromatic N) is 1. The van der Waals surface area contributed by atoms with Crippen LogP contribution in [0.2, 0.25) is 5.15 Å². The monoisotopic (exact) mass is 194 g/mol. The maximum atomic E-state index is 5.85. The average Bonchev–Trinajstić information content (AvgIpc) is 2.86. The van der Waals surface area contributed by atoms with Crippen molar-refractivity contribution >= 4 is 11.6 Å². The number of hydrogen-bond donors (Lipinski definition) is 1. The molecule has 2 nitrogen and oxygen atoms in total. The zero-order valence-electron chi connectivity index (χ0n) is 7.31. The first-order valence-corrected chi connectivity index (χ1v) is 5.04. The summed E-state index contributed by atoms with van der Waals surface area (Å²) in [5, 5.41) is 4.04. The van der Waals surface area contributed by atoms with Gasteiger partial charge in [0.2, 0.25) is 0 Å². The smallest absolute Gasteiger partial charge is 0.129 e. The van der Waals surface area contributed by atoms with Crippen molar-refractivity contribution in [2.45, 2.75) is 24.8 Å². The minimum atomic E-state index is 0.422. The second kappa shape index (κ2) is 2.46. The van der Waals surface area contributed by atoms with Gasteiger partial charge in [-0.2, -0.15) is 0 Å². The van der Waals surface area contributed by atoms with E-state index < -0.39 is 0 Å². The molecule has 1 N–H and O–H groups in total. The Bertz CT molecular complexity index is 358. The van der Waals surface area contributed by atoms with E-state index in [2.05, 4.69) is 10.3 Å². The second-order valence-electron chi connectivity index (χ2n) is 4.05. The topological polar surface area (TPSA) is 24.9 Å². The number of nitrogens with one attached hydrogen (secondary N) is 1. The molecule has 0 saturated heterocycles. The Labute approximate surface area is 82.3 Å². The SMILES string of the molecule is Clc1cc2c(cn1)C1(CC1)CNC2. The van der Waals surface area contributed by atoms with E-state index in [9.17, 15) is 0 Å². The van der Waals surface area contributed by atoms with Crippen molar-refractivity contribution in [3.63, 3.8) is 0 Å². The van der Waals surface area contributed by atoms with Crippen LogP contribution in [0.4, 0.5) is 0 Å². The molecule has 1 aliphatic carbocycles. The van der Waals surface area contributed by atoms with Gasteiger partial charge in [-0.3, -0.25) is 0 Å². The molecule has 1 saturated carbocycles. The van der Waals surface area contributed by atoms with Crippen LogP contribution in [-0.2, 0) is 12.0 Å². The molecular formula is C10H11ClN2. The summed E-state index contributed by atoms with van der Waals surface area (Å²) in [7, 11) is 0. The molecule has 1 aromatic heterocycles. The Balaban J connectivity index is 2.15. The summed E-state index contributed by atoms with van der Waals surface area (Å²) in [5.74, 6) is 0. The lowest BCUT2D eigenvalue weighted by atomic mass is 9.90. The molecule has 3 heteroatoms. The molecule has 13 heavy (non-hydrogen) atoms. The maximum absolute atomic E-state index is 5.85. The van der Waals surface area contributed by atoms with Gasteiger partial charge in [-0.1, -0.05) is 11.6 Å². The van der Waals surface area contributed by atoms with Gasteiger partial charge in [0.15, 0.2) is 0 Å². The Hall–Kier alpha value is -0.600. The number of pyridine rings is 1. The first-order valence-electron chi connectivity index (χ1n) is 4.66. The summed E-state index contributed by atoms with van der Waals surface area (Å²) in [6.45, 7) is 2.06. The molecule has 0 unspecified atom stereocenters. The Morgan fingerprint density at radius 2 is 2.31 bits per heavy atom. The van der Waals surface area contributed by atoms with Gasteiger partial charge >= 0.3 is 0 Å². The van der Waals surface area contributed by atoms with Gasteiger partial charge in [0.25, 0.3) is 0 Å². The zero-order valence-corrected chi connectivity index (χ0v) is 8.06. The van der Waals surface area contributed by atoms with Crippen molar-refractivity contribution in [3.05, 3.63) is 28.5 Å². The van der Waals surface area contributed by atoms with Crippen LogP contribution in [0.15, 0.2) is 12.3 Å². The molecule has 0 radical (unpaired) electrons. The van der Waals surface area contributed by atoms with Gasteiger partial charge in [-0.05, 0) is 30.0 Å². The number of aromatic nitrogens is 1. The summed E-state index contributed by atoms with van der Waals surface area (Å²) in [4.78, 5) is 4.17. The van der Waals surface area contributed by atoms with Gasteiger partial charge in [0.05, 0.1) is 0 Å². The van der Waals surface area contributed by atoms with Crippen molar-refractivity contribution in [3.8, 4) is 0 Å². The lowest BCUT2D eigenvalue weighted by Crippen LogP contribution is -2.33. The summed E-state index contributed by atoms with van der Waals surface area (Å²) in [6, 6.07) is 1.99. The van der Waals surface area contributed by atoms with Crippen LogP contribution < -0.4 is 5.32 Å². The van der Waals surface area contributed by atoms with Crippen molar-refractivity contribution in [2.24, 2.45) is 0 Å². The molecule has 1 fully saturated rings. The molecule has 68 valence electrons. The minimum Gasteiger partial charge on any atom is -0.312 e. The molecule has 0 amide bonds. The Morgan fingerprint density at radius 3 is 3.08 bits per heavy atom. The van der Waals surface area contributed by atoms with E-state index in [-0.39, 0.29) is 0 Å². The molecule has 1 spiro atoms. The summed E-state index contributed by atoms with van der Waals surface area (Å²) in [6.07, 6.45) is 4.57. The highest BCUT2D eigenvalue weighted by Gasteiger charge is 2.47. The molecule has 2 aliphatic rings. The van der Waals surface area contributed by atoms with E-state index in [4.69, 9.17) is 11.6 Å². The highest BCUT2D eigenvalue weighted by atomic mass is 35.5. The average molecular weight is 195 g/mol. The van der Waals surface area contributed by atoms with Gasteiger partial charge in [-0.25, -0.2) is 4.98 Å². The number of halogens is 1. The molecule has 2 heterocycles. The first kappa shape index (κ1) is 7.77. The highest BCUT2D eigenvalue weighted by molar-refractivity contribution is 6.29. The summed E-state index contributed by atoms with van der Waals surface area (Å²) < 4.78 is 0. The van der Waals surface area contributed by atoms with Crippen molar-refractivity contribution < 1.29 is 0 Å². The van der Waals surface area contributed by atoms with Crippen LogP contribution in [0.1, 0.15) is 24.0 Å². The summed E-state index contributed by atoms with van der Waals surface area (Å²) >= 11 is 5.85. The standard InChI is InChI=1S/C10H11ClN2/c11-9-3-7-4-12-6-10(1-2-10)8(7)5-13-9/h3,5,12H,1-2,4,6H2. The Morgan fingerprint density at radius 1 is 1.46 bits per heavy atom. The normalized spacial score (nSPS) is 22.8. The molecule has 0 bridgehead atoms. The highest BCUT2D eigenvalue weighted by Crippen LogP contribution is 2.50. The molecule has 3 rings (SSSR count). The maximum Gasteiger partial charge on any atom is 0.129 e. The second-order valence-corrected chi connectivity index (χ2v) is 4.44. The number of hydrogen-bond acceptors (Lipinski definition) is 2. The predicted molar refractivity (Wildman–Crippen MR) is 51.9 cm³/mol. The quantitative estimate of drug-likeness (QED) is 0.638. The lowest BCUT2D eigenvalue weighted by Gasteiger charge is -2.25. The van der Waals surface area contributed by atoms with Gasteiger partial charge in [0, 0.05) is 24.7 Å². The molecule has 0 aromatic carbocycles. The van der Waals surface area contributed by atoms with E-state index in [1.54, 1.807) is 0 Å². The molecule has 1 aliphatic heterocycles. The van der Waals surface area contributed by atoms with Gasteiger partial charge in [-0.15, -0.1) is 0 Å².